The van der Waals surface area contributed by atoms with Crippen LogP contribution in [0.3, 0.4) is 0 Å². The second-order valence-corrected chi connectivity index (χ2v) is 7.87. The molecule has 0 radical (unpaired) electrons. The predicted molar refractivity (Wildman–Crippen MR) is 123 cm³/mol. The highest BCUT2D eigenvalue weighted by molar-refractivity contribution is 6.51. The summed E-state index contributed by atoms with van der Waals surface area (Å²) in [6, 6.07) is 13.7. The molecule has 2 heterocycles. The van der Waals surface area contributed by atoms with Crippen LogP contribution in [0.25, 0.3) is 5.76 Å². The monoisotopic (exact) mass is 428 g/mol. The largest absolute Gasteiger partial charge is 0.507 e. The van der Waals surface area contributed by atoms with Crippen molar-refractivity contribution >= 4 is 23.1 Å². The lowest BCUT2D eigenvalue weighted by molar-refractivity contribution is -0.132. The number of nitrogens with zero attached hydrogens (tertiary/aromatic N) is 2. The normalized spacial score (nSPS) is 17.6. The molecule has 1 N–H and O–H groups in total. The first-order valence-electron chi connectivity index (χ1n) is 10.3. The molecule has 0 spiro atoms. The molecule has 162 valence electrons. The van der Waals surface area contributed by atoms with Crippen molar-refractivity contribution in [1.82, 2.24) is 4.98 Å². The first-order valence-corrected chi connectivity index (χ1v) is 10.3. The van der Waals surface area contributed by atoms with Gasteiger partial charge in [-0.05, 0) is 73.4 Å². The van der Waals surface area contributed by atoms with E-state index in [-0.39, 0.29) is 11.3 Å². The summed E-state index contributed by atoms with van der Waals surface area (Å²) in [6.45, 7) is 5.58. The van der Waals surface area contributed by atoms with Crippen molar-refractivity contribution in [3.05, 3.63) is 94.3 Å². The van der Waals surface area contributed by atoms with Crippen molar-refractivity contribution in [3.63, 3.8) is 0 Å². The third-order valence-electron chi connectivity index (χ3n) is 5.84. The Morgan fingerprint density at radius 1 is 0.969 bits per heavy atom. The smallest absolute Gasteiger partial charge is 0.300 e. The molecule has 32 heavy (non-hydrogen) atoms. The third-order valence-corrected chi connectivity index (χ3v) is 5.84. The molecule has 1 atom stereocenters. The number of aliphatic hydroxyl groups is 1. The van der Waals surface area contributed by atoms with Crippen LogP contribution < -0.4 is 9.64 Å². The topological polar surface area (TPSA) is 79.7 Å². The van der Waals surface area contributed by atoms with E-state index in [2.05, 4.69) is 4.98 Å². The number of ether oxygens (including phenoxy) is 1. The Hall–Kier alpha value is -3.93. The molecule has 1 aliphatic rings. The Morgan fingerprint density at radius 2 is 1.66 bits per heavy atom. The molecule has 1 saturated heterocycles. The first kappa shape index (κ1) is 21.3. The van der Waals surface area contributed by atoms with Gasteiger partial charge < -0.3 is 9.84 Å². The van der Waals surface area contributed by atoms with Crippen molar-refractivity contribution in [2.24, 2.45) is 0 Å². The summed E-state index contributed by atoms with van der Waals surface area (Å²) >= 11 is 0. The number of methoxy groups -OCH3 is 1. The van der Waals surface area contributed by atoms with Gasteiger partial charge in [0.05, 0.1) is 18.7 Å². The van der Waals surface area contributed by atoms with E-state index in [1.165, 1.54) is 4.90 Å². The van der Waals surface area contributed by atoms with Gasteiger partial charge in [0.25, 0.3) is 11.7 Å². The Bertz CT molecular complexity index is 1250. The SMILES string of the molecule is COc1cc(C)c(/C(O)=C2\C(=O)C(=O)N(c3ccccc3C)C2c2ccncc2)cc1C. The van der Waals surface area contributed by atoms with Crippen LogP contribution >= 0.6 is 0 Å². The number of aryl methyl sites for hydroxylation is 3. The lowest BCUT2D eigenvalue weighted by Crippen LogP contribution is -2.30. The van der Waals surface area contributed by atoms with Crippen molar-refractivity contribution < 1.29 is 19.4 Å². The maximum Gasteiger partial charge on any atom is 0.300 e. The fourth-order valence-corrected chi connectivity index (χ4v) is 4.19. The maximum absolute atomic E-state index is 13.3. The lowest BCUT2D eigenvalue weighted by atomic mass is 9.93. The Kier molecular flexibility index (Phi) is 5.53. The first-order chi connectivity index (χ1) is 15.3. The van der Waals surface area contributed by atoms with Gasteiger partial charge in [-0.2, -0.15) is 0 Å². The summed E-state index contributed by atoms with van der Waals surface area (Å²) in [5.41, 5.74) is 4.26. The van der Waals surface area contributed by atoms with E-state index < -0.39 is 17.7 Å². The molecule has 6 nitrogen and oxygen atoms in total. The second kappa shape index (κ2) is 8.30. The van der Waals surface area contributed by atoms with E-state index in [0.29, 0.717) is 22.6 Å². The minimum atomic E-state index is -0.777. The minimum Gasteiger partial charge on any atom is -0.507 e. The van der Waals surface area contributed by atoms with Gasteiger partial charge >= 0.3 is 0 Å². The van der Waals surface area contributed by atoms with Gasteiger partial charge in [-0.25, -0.2) is 0 Å². The number of ketones is 1. The summed E-state index contributed by atoms with van der Waals surface area (Å²) in [5.74, 6) is -0.916. The fourth-order valence-electron chi connectivity index (χ4n) is 4.19. The number of carbonyl (C=O) groups is 2. The summed E-state index contributed by atoms with van der Waals surface area (Å²) in [6.07, 6.45) is 3.21. The van der Waals surface area contributed by atoms with Gasteiger partial charge in [-0.3, -0.25) is 19.5 Å². The van der Waals surface area contributed by atoms with E-state index in [1.54, 1.807) is 43.8 Å². The molecule has 6 heteroatoms. The summed E-state index contributed by atoms with van der Waals surface area (Å²) < 4.78 is 5.37. The van der Waals surface area contributed by atoms with Crippen molar-refractivity contribution in [1.29, 1.82) is 0 Å². The number of benzene rings is 2. The number of pyridine rings is 1. The molecule has 0 aliphatic carbocycles. The van der Waals surface area contributed by atoms with Gasteiger partial charge in [0.1, 0.15) is 11.5 Å². The van der Waals surface area contributed by atoms with Gasteiger partial charge in [0.15, 0.2) is 0 Å². The molecule has 4 rings (SSSR count). The van der Waals surface area contributed by atoms with Gasteiger partial charge in [0.2, 0.25) is 0 Å². The number of hydrogen-bond acceptors (Lipinski definition) is 5. The molecule has 3 aromatic rings. The van der Waals surface area contributed by atoms with Crippen LogP contribution in [-0.4, -0.2) is 28.9 Å². The summed E-state index contributed by atoms with van der Waals surface area (Å²) in [4.78, 5) is 32.0. The number of aliphatic hydroxyl groups excluding tert-OH is 1. The minimum absolute atomic E-state index is 0.0529. The van der Waals surface area contributed by atoms with Crippen LogP contribution in [0.15, 0.2) is 66.5 Å². The van der Waals surface area contributed by atoms with Crippen LogP contribution in [-0.2, 0) is 9.59 Å². The highest BCUT2D eigenvalue weighted by atomic mass is 16.5. The van der Waals surface area contributed by atoms with Gasteiger partial charge in [0, 0.05) is 23.6 Å². The number of hydrogen-bond donors (Lipinski definition) is 1. The maximum atomic E-state index is 13.3. The number of Topliss-reactive ketones (excluding diaryl/α,β-unsaturated/α-hetero) is 1. The zero-order chi connectivity index (χ0) is 23.0. The zero-order valence-electron chi connectivity index (χ0n) is 18.4. The van der Waals surface area contributed by atoms with Crippen molar-refractivity contribution in [3.8, 4) is 5.75 Å². The predicted octanol–water partition coefficient (Wildman–Crippen LogP) is 4.64. The lowest BCUT2D eigenvalue weighted by Gasteiger charge is -2.26. The van der Waals surface area contributed by atoms with Crippen LogP contribution in [0.2, 0.25) is 0 Å². The van der Waals surface area contributed by atoms with Crippen molar-refractivity contribution in [2.75, 3.05) is 12.0 Å². The number of carbonyl (C=O) groups excluding carboxylic acids is 2. The fraction of sp³-hybridized carbons (Fsp3) is 0.192. The van der Waals surface area contributed by atoms with Crippen LogP contribution in [0.1, 0.15) is 33.9 Å². The van der Waals surface area contributed by atoms with E-state index >= 15 is 0 Å². The average Bonchev–Trinajstić information content (AvgIpc) is 3.06. The molecule has 0 bridgehead atoms. The average molecular weight is 428 g/mol. The Morgan fingerprint density at radius 3 is 2.31 bits per heavy atom. The molecule has 1 aliphatic heterocycles. The summed E-state index contributed by atoms with van der Waals surface area (Å²) in [7, 11) is 1.58. The quantitative estimate of drug-likeness (QED) is 0.372. The number of para-hydroxylation sites is 1. The van der Waals surface area contributed by atoms with E-state index in [0.717, 1.165) is 16.7 Å². The van der Waals surface area contributed by atoms with Crippen molar-refractivity contribution in [2.45, 2.75) is 26.8 Å². The number of amides is 1. The zero-order valence-corrected chi connectivity index (χ0v) is 18.4. The molecular formula is C26H24N2O4. The Balaban J connectivity index is 1.98. The molecule has 2 aromatic carbocycles. The van der Waals surface area contributed by atoms with Gasteiger partial charge in [-0.1, -0.05) is 18.2 Å². The standard InChI is InChI=1S/C26H24N2O4/c1-15-7-5-6-8-20(15)28-23(18-9-11-27-12-10-18)22(25(30)26(28)31)24(29)19-13-17(3)21(32-4)14-16(19)2/h5-14,23,29H,1-4H3/b24-22+. The van der Waals surface area contributed by atoms with Gasteiger partial charge in [-0.15, -0.1) is 0 Å². The second-order valence-electron chi connectivity index (χ2n) is 7.87. The number of aromatic nitrogens is 1. The van der Waals surface area contributed by atoms with Crippen LogP contribution in [0.5, 0.6) is 5.75 Å². The molecule has 1 amide bonds. The van der Waals surface area contributed by atoms with E-state index in [4.69, 9.17) is 4.74 Å². The van der Waals surface area contributed by atoms with Crippen LogP contribution in [0, 0.1) is 20.8 Å². The van der Waals surface area contributed by atoms with E-state index in [9.17, 15) is 14.7 Å². The molecule has 1 aromatic heterocycles. The molecule has 1 fully saturated rings. The molecule has 1 unspecified atom stereocenters. The van der Waals surface area contributed by atoms with E-state index in [1.807, 2.05) is 45.0 Å². The molecular weight excluding hydrogens is 404 g/mol. The third kappa shape index (κ3) is 3.43. The van der Waals surface area contributed by atoms with Crippen LogP contribution in [0.4, 0.5) is 5.69 Å². The number of anilines is 1. The molecule has 0 saturated carbocycles. The summed E-state index contributed by atoms with van der Waals surface area (Å²) in [5, 5.41) is 11.4. The number of rotatable bonds is 4. The highest BCUT2D eigenvalue weighted by Gasteiger charge is 2.47. The Labute approximate surface area is 186 Å². The highest BCUT2D eigenvalue weighted by Crippen LogP contribution is 2.43.